The molecule has 0 aliphatic carbocycles. The maximum atomic E-state index is 13.2. The Morgan fingerprint density at radius 2 is 1.88 bits per heavy atom. The maximum Gasteiger partial charge on any atom is 0.251 e. The number of aliphatic hydroxyl groups excluding tert-OH is 1. The molecule has 0 aliphatic heterocycles. The van der Waals surface area contributed by atoms with Crippen LogP contribution in [0.2, 0.25) is 0 Å². The Balaban J connectivity index is 1.93. The minimum absolute atomic E-state index is 0.0691. The highest BCUT2D eigenvalue weighted by Gasteiger charge is 2.12. The van der Waals surface area contributed by atoms with Crippen molar-refractivity contribution < 1.29 is 19.0 Å². The zero-order valence-corrected chi connectivity index (χ0v) is 14.0. The molecule has 2 N–H and O–H groups in total. The summed E-state index contributed by atoms with van der Waals surface area (Å²) in [5.74, 6) is 0.0268. The topological polar surface area (TPSA) is 58.6 Å². The Labute approximate surface area is 141 Å². The van der Waals surface area contributed by atoms with E-state index in [2.05, 4.69) is 5.32 Å². The van der Waals surface area contributed by atoms with E-state index in [-0.39, 0.29) is 24.4 Å². The van der Waals surface area contributed by atoms with Crippen LogP contribution in [0.5, 0.6) is 5.75 Å². The second-order valence-electron chi connectivity index (χ2n) is 5.93. The number of nitrogens with one attached hydrogen (secondary N) is 1. The van der Waals surface area contributed by atoms with Gasteiger partial charge in [-0.05, 0) is 62.2 Å². The number of rotatable bonds is 6. The van der Waals surface area contributed by atoms with Crippen molar-refractivity contribution >= 4 is 5.91 Å². The van der Waals surface area contributed by atoms with Crippen LogP contribution in [0.25, 0.3) is 0 Å². The molecule has 0 fully saturated rings. The number of ether oxygens (including phenoxy) is 1. The Kier molecular flexibility index (Phi) is 5.93. The molecule has 0 spiro atoms. The number of hydrogen-bond donors (Lipinski definition) is 2. The number of halogens is 1. The third-order valence-corrected chi connectivity index (χ3v) is 3.51. The highest BCUT2D eigenvalue weighted by molar-refractivity contribution is 5.94. The number of aliphatic hydroxyl groups is 1. The largest absolute Gasteiger partial charge is 0.491 e. The van der Waals surface area contributed by atoms with E-state index >= 15 is 0 Å². The zero-order chi connectivity index (χ0) is 17.7. The van der Waals surface area contributed by atoms with E-state index in [0.29, 0.717) is 16.7 Å². The van der Waals surface area contributed by atoms with Gasteiger partial charge in [-0.25, -0.2) is 4.39 Å². The number of aryl methyl sites for hydroxylation is 1. The minimum Gasteiger partial charge on any atom is -0.491 e. The molecule has 0 saturated heterocycles. The normalized spacial score (nSPS) is 12.1. The Morgan fingerprint density at radius 3 is 2.46 bits per heavy atom. The molecule has 4 nitrogen and oxygen atoms in total. The van der Waals surface area contributed by atoms with Crippen LogP contribution in [0.1, 0.15) is 41.4 Å². The number of carbonyl (C=O) groups excluding carboxylic acids is 1. The summed E-state index contributed by atoms with van der Waals surface area (Å²) in [6, 6.07) is 11.2. The molecule has 5 heteroatoms. The molecule has 128 valence electrons. The maximum absolute atomic E-state index is 13.2. The first-order valence-electron chi connectivity index (χ1n) is 7.86. The van der Waals surface area contributed by atoms with Crippen molar-refractivity contribution in [2.45, 2.75) is 33.0 Å². The van der Waals surface area contributed by atoms with Crippen LogP contribution in [-0.4, -0.2) is 23.7 Å². The lowest BCUT2D eigenvalue weighted by Crippen LogP contribution is -2.28. The first-order chi connectivity index (χ1) is 11.4. The Morgan fingerprint density at radius 1 is 1.21 bits per heavy atom. The van der Waals surface area contributed by atoms with E-state index in [1.54, 1.807) is 31.2 Å². The van der Waals surface area contributed by atoms with Gasteiger partial charge in [-0.15, -0.1) is 0 Å². The summed E-state index contributed by atoms with van der Waals surface area (Å²) < 4.78 is 18.8. The second-order valence-corrected chi connectivity index (χ2v) is 5.93. The summed E-state index contributed by atoms with van der Waals surface area (Å²) in [6.45, 7) is 5.55. The molecule has 0 heterocycles. The lowest BCUT2D eigenvalue weighted by atomic mass is 10.1. The second kappa shape index (κ2) is 7.93. The molecule has 0 aliphatic rings. The Bertz CT molecular complexity index is 698. The van der Waals surface area contributed by atoms with Gasteiger partial charge in [-0.3, -0.25) is 4.79 Å². The van der Waals surface area contributed by atoms with Crippen molar-refractivity contribution in [2.24, 2.45) is 0 Å². The van der Waals surface area contributed by atoms with Crippen LogP contribution >= 0.6 is 0 Å². The van der Waals surface area contributed by atoms with Crippen LogP contribution in [0.15, 0.2) is 42.5 Å². The van der Waals surface area contributed by atoms with Gasteiger partial charge in [0.25, 0.3) is 5.91 Å². The zero-order valence-electron chi connectivity index (χ0n) is 14.0. The molecule has 1 amide bonds. The summed E-state index contributed by atoms with van der Waals surface area (Å²) in [5, 5.41) is 12.8. The summed E-state index contributed by atoms with van der Waals surface area (Å²) >= 11 is 0. The number of carbonyl (C=O) groups is 1. The van der Waals surface area contributed by atoms with Crippen molar-refractivity contribution in [3.05, 3.63) is 65.0 Å². The van der Waals surface area contributed by atoms with Crippen LogP contribution < -0.4 is 10.1 Å². The fraction of sp³-hybridized carbons (Fsp3) is 0.316. The van der Waals surface area contributed by atoms with E-state index < -0.39 is 6.10 Å². The smallest absolute Gasteiger partial charge is 0.251 e. The minimum atomic E-state index is -0.830. The molecule has 0 bridgehead atoms. The van der Waals surface area contributed by atoms with Crippen molar-refractivity contribution in [3.63, 3.8) is 0 Å². The lowest BCUT2D eigenvalue weighted by Gasteiger charge is -2.14. The van der Waals surface area contributed by atoms with Crippen molar-refractivity contribution in [1.29, 1.82) is 0 Å². The van der Waals surface area contributed by atoms with Crippen molar-refractivity contribution in [2.75, 3.05) is 6.54 Å². The van der Waals surface area contributed by atoms with Gasteiger partial charge >= 0.3 is 0 Å². The van der Waals surface area contributed by atoms with Crippen LogP contribution in [0, 0.1) is 12.7 Å². The molecule has 2 rings (SSSR count). The molecular formula is C19H22FNO3. The molecular weight excluding hydrogens is 309 g/mol. The van der Waals surface area contributed by atoms with E-state index in [1.807, 2.05) is 13.8 Å². The lowest BCUT2D eigenvalue weighted by molar-refractivity contribution is 0.0916. The van der Waals surface area contributed by atoms with Crippen LogP contribution in [0.4, 0.5) is 4.39 Å². The van der Waals surface area contributed by atoms with Gasteiger partial charge in [0, 0.05) is 12.1 Å². The number of benzene rings is 2. The van der Waals surface area contributed by atoms with Gasteiger partial charge in [0.15, 0.2) is 0 Å². The highest BCUT2D eigenvalue weighted by atomic mass is 19.1. The van der Waals surface area contributed by atoms with Gasteiger partial charge in [-0.2, -0.15) is 0 Å². The summed E-state index contributed by atoms with van der Waals surface area (Å²) in [4.78, 5) is 12.1. The average molecular weight is 331 g/mol. The van der Waals surface area contributed by atoms with Crippen LogP contribution in [0.3, 0.4) is 0 Å². The highest BCUT2D eigenvalue weighted by Crippen LogP contribution is 2.18. The molecule has 1 atom stereocenters. The van der Waals surface area contributed by atoms with E-state index in [1.165, 1.54) is 18.2 Å². The molecule has 1 unspecified atom stereocenters. The van der Waals surface area contributed by atoms with Crippen LogP contribution in [-0.2, 0) is 0 Å². The molecule has 0 aromatic heterocycles. The molecule has 0 saturated carbocycles. The van der Waals surface area contributed by atoms with E-state index in [9.17, 15) is 14.3 Å². The number of hydrogen-bond acceptors (Lipinski definition) is 3. The quantitative estimate of drug-likeness (QED) is 0.853. The van der Waals surface area contributed by atoms with Gasteiger partial charge in [0.2, 0.25) is 0 Å². The summed E-state index contributed by atoms with van der Waals surface area (Å²) in [6.07, 6.45) is -0.747. The fourth-order valence-electron chi connectivity index (χ4n) is 2.24. The van der Waals surface area contributed by atoms with E-state index in [4.69, 9.17) is 4.74 Å². The summed E-state index contributed by atoms with van der Waals surface area (Å²) in [7, 11) is 0. The molecule has 24 heavy (non-hydrogen) atoms. The first kappa shape index (κ1) is 17.9. The van der Waals surface area contributed by atoms with Crippen molar-refractivity contribution in [3.8, 4) is 5.75 Å². The fourth-order valence-corrected chi connectivity index (χ4v) is 2.24. The van der Waals surface area contributed by atoms with Gasteiger partial charge in [0.1, 0.15) is 11.6 Å². The molecule has 2 aromatic carbocycles. The predicted octanol–water partition coefficient (Wildman–Crippen LogP) is 3.38. The predicted molar refractivity (Wildman–Crippen MR) is 90.6 cm³/mol. The SMILES string of the molecule is Cc1cc(C(=O)NCC(O)c2ccc(OC(C)C)cc2)ccc1F. The molecule has 2 aromatic rings. The Hall–Kier alpha value is -2.40. The van der Waals surface area contributed by atoms with Gasteiger partial charge < -0.3 is 15.2 Å². The van der Waals surface area contributed by atoms with Crippen molar-refractivity contribution in [1.82, 2.24) is 5.32 Å². The third kappa shape index (κ3) is 4.80. The van der Waals surface area contributed by atoms with E-state index in [0.717, 1.165) is 5.75 Å². The number of amides is 1. The van der Waals surface area contributed by atoms with Gasteiger partial charge in [0.05, 0.1) is 12.2 Å². The van der Waals surface area contributed by atoms with Gasteiger partial charge in [-0.1, -0.05) is 12.1 Å². The summed E-state index contributed by atoms with van der Waals surface area (Å²) in [5.41, 5.74) is 1.45. The molecule has 0 radical (unpaired) electrons. The third-order valence-electron chi connectivity index (χ3n) is 3.51. The monoisotopic (exact) mass is 331 g/mol. The standard InChI is InChI=1S/C19H22FNO3/c1-12(2)24-16-7-4-14(5-8-16)18(22)11-21-19(23)15-6-9-17(20)13(3)10-15/h4-10,12,18,22H,11H2,1-3H3,(H,21,23). The first-order valence-corrected chi connectivity index (χ1v) is 7.86. The average Bonchev–Trinajstić information content (AvgIpc) is 2.55.